The number of hydrogen-bond donors (Lipinski definition) is 1. The second-order valence-corrected chi connectivity index (χ2v) is 6.90. The van der Waals surface area contributed by atoms with Crippen molar-refractivity contribution in [3.05, 3.63) is 60.4 Å². The number of rotatable bonds is 4. The Hall–Kier alpha value is -2.93. The highest BCUT2D eigenvalue weighted by atomic mass is 32.1. The van der Waals surface area contributed by atoms with E-state index >= 15 is 0 Å². The third kappa shape index (κ3) is 3.83. The van der Waals surface area contributed by atoms with Gasteiger partial charge in [0.1, 0.15) is 16.9 Å². The van der Waals surface area contributed by atoms with Gasteiger partial charge in [0.15, 0.2) is 0 Å². The average Bonchev–Trinajstić information content (AvgIpc) is 3.35. The molecule has 3 aromatic rings. The van der Waals surface area contributed by atoms with Gasteiger partial charge in [-0.3, -0.25) is 4.98 Å². The van der Waals surface area contributed by atoms with Gasteiger partial charge >= 0.3 is 6.03 Å². The fourth-order valence-corrected chi connectivity index (χ4v) is 3.53. The number of nitrogens with zero attached hydrogens (tertiary/aromatic N) is 3. The highest BCUT2D eigenvalue weighted by molar-refractivity contribution is 7.13. The predicted molar refractivity (Wildman–Crippen MR) is 101 cm³/mol. The molecule has 1 aliphatic heterocycles. The first-order valence-corrected chi connectivity index (χ1v) is 9.28. The van der Waals surface area contributed by atoms with E-state index in [1.54, 1.807) is 34.8 Å². The van der Waals surface area contributed by atoms with Crippen molar-refractivity contribution < 1.29 is 9.53 Å². The molecule has 1 atom stereocenters. The number of anilines is 1. The summed E-state index contributed by atoms with van der Waals surface area (Å²) < 4.78 is 5.87. The van der Waals surface area contributed by atoms with Crippen LogP contribution in [0.5, 0.6) is 5.75 Å². The van der Waals surface area contributed by atoms with Gasteiger partial charge in [-0.1, -0.05) is 0 Å². The topological polar surface area (TPSA) is 67.4 Å². The van der Waals surface area contributed by atoms with E-state index in [1.165, 1.54) is 0 Å². The fraction of sp³-hybridized carbons (Fsp3) is 0.211. The summed E-state index contributed by atoms with van der Waals surface area (Å²) in [5, 5.41) is 5.86. The zero-order chi connectivity index (χ0) is 17.8. The van der Waals surface area contributed by atoms with Crippen molar-refractivity contribution in [1.82, 2.24) is 14.9 Å². The van der Waals surface area contributed by atoms with Crippen molar-refractivity contribution in [2.75, 3.05) is 18.4 Å². The van der Waals surface area contributed by atoms with Gasteiger partial charge in [-0.25, -0.2) is 9.78 Å². The van der Waals surface area contributed by atoms with Crippen LogP contribution in [0.4, 0.5) is 10.5 Å². The molecule has 2 aromatic heterocycles. The van der Waals surface area contributed by atoms with Crippen LogP contribution < -0.4 is 10.1 Å². The van der Waals surface area contributed by atoms with E-state index in [9.17, 15) is 4.79 Å². The van der Waals surface area contributed by atoms with Crippen LogP contribution in [-0.4, -0.2) is 40.1 Å². The summed E-state index contributed by atoms with van der Waals surface area (Å²) >= 11 is 1.59. The molecule has 0 aliphatic carbocycles. The number of benzene rings is 1. The lowest BCUT2D eigenvalue weighted by molar-refractivity contribution is 0.194. The first-order valence-electron chi connectivity index (χ1n) is 8.40. The zero-order valence-electron chi connectivity index (χ0n) is 14.0. The van der Waals surface area contributed by atoms with Crippen molar-refractivity contribution in [3.8, 4) is 16.3 Å². The number of pyridine rings is 1. The number of amides is 2. The molecule has 7 heteroatoms. The number of likely N-dealkylation sites (tertiary alicyclic amines) is 1. The standard InChI is InChI=1S/C19H18N4O2S/c24-19(22-15-5-3-14(4-6-15)18-21-9-11-26-18)23-10-7-17(13-23)25-16-2-1-8-20-12-16/h1-6,8-9,11-12,17H,7,10,13H2,(H,22,24). The Morgan fingerprint density at radius 2 is 2.12 bits per heavy atom. The van der Waals surface area contributed by atoms with Gasteiger partial charge in [-0.15, -0.1) is 11.3 Å². The lowest BCUT2D eigenvalue weighted by Crippen LogP contribution is -2.34. The minimum Gasteiger partial charge on any atom is -0.487 e. The number of carbonyl (C=O) groups is 1. The summed E-state index contributed by atoms with van der Waals surface area (Å²) in [6.07, 6.45) is 5.99. The summed E-state index contributed by atoms with van der Waals surface area (Å²) in [4.78, 5) is 22.6. The molecule has 0 bridgehead atoms. The minimum absolute atomic E-state index is 0.00257. The van der Waals surface area contributed by atoms with Crippen LogP contribution in [0.15, 0.2) is 60.4 Å². The molecule has 26 heavy (non-hydrogen) atoms. The van der Waals surface area contributed by atoms with Crippen LogP contribution in [0.1, 0.15) is 6.42 Å². The molecule has 6 nitrogen and oxygen atoms in total. The fourth-order valence-electron chi connectivity index (χ4n) is 2.88. The third-order valence-electron chi connectivity index (χ3n) is 4.18. The maximum Gasteiger partial charge on any atom is 0.321 e. The van der Waals surface area contributed by atoms with E-state index in [-0.39, 0.29) is 12.1 Å². The van der Waals surface area contributed by atoms with Crippen molar-refractivity contribution in [2.45, 2.75) is 12.5 Å². The number of thiazole rings is 1. The van der Waals surface area contributed by atoms with E-state index in [0.29, 0.717) is 13.1 Å². The Balaban J connectivity index is 1.32. The van der Waals surface area contributed by atoms with E-state index in [2.05, 4.69) is 15.3 Å². The van der Waals surface area contributed by atoms with Gasteiger partial charge in [-0.05, 0) is 36.4 Å². The van der Waals surface area contributed by atoms with Crippen LogP contribution in [0, 0.1) is 0 Å². The van der Waals surface area contributed by atoms with Gasteiger partial charge in [0.25, 0.3) is 0 Å². The largest absolute Gasteiger partial charge is 0.487 e. The van der Waals surface area contributed by atoms with Crippen molar-refractivity contribution in [3.63, 3.8) is 0 Å². The van der Waals surface area contributed by atoms with Crippen molar-refractivity contribution in [2.24, 2.45) is 0 Å². The molecular weight excluding hydrogens is 348 g/mol. The maximum atomic E-state index is 12.5. The molecule has 1 aliphatic rings. The quantitative estimate of drug-likeness (QED) is 0.761. The Kier molecular flexibility index (Phi) is 4.79. The van der Waals surface area contributed by atoms with Crippen molar-refractivity contribution in [1.29, 1.82) is 0 Å². The average molecular weight is 366 g/mol. The molecule has 0 saturated carbocycles. The maximum absolute atomic E-state index is 12.5. The monoisotopic (exact) mass is 366 g/mol. The molecule has 1 saturated heterocycles. The highest BCUT2D eigenvalue weighted by Crippen LogP contribution is 2.24. The molecule has 1 aromatic carbocycles. The van der Waals surface area contributed by atoms with Gasteiger partial charge in [0.2, 0.25) is 0 Å². The second-order valence-electron chi connectivity index (χ2n) is 6.01. The van der Waals surface area contributed by atoms with Crippen molar-refractivity contribution >= 4 is 23.1 Å². The smallest absolute Gasteiger partial charge is 0.321 e. The molecule has 1 N–H and O–H groups in total. The van der Waals surface area contributed by atoms with Crippen LogP contribution >= 0.6 is 11.3 Å². The number of aromatic nitrogens is 2. The van der Waals surface area contributed by atoms with E-state index in [0.717, 1.165) is 28.4 Å². The Morgan fingerprint density at radius 1 is 1.23 bits per heavy atom. The lowest BCUT2D eigenvalue weighted by Gasteiger charge is -2.18. The Bertz CT molecular complexity index is 853. The lowest BCUT2D eigenvalue weighted by atomic mass is 10.2. The predicted octanol–water partition coefficient (Wildman–Crippen LogP) is 3.89. The summed E-state index contributed by atoms with van der Waals surface area (Å²) in [5.41, 5.74) is 1.82. The second kappa shape index (κ2) is 7.53. The summed E-state index contributed by atoms with van der Waals surface area (Å²) in [7, 11) is 0. The van der Waals surface area contributed by atoms with Crippen LogP contribution in [-0.2, 0) is 0 Å². The molecule has 132 valence electrons. The Morgan fingerprint density at radius 3 is 2.85 bits per heavy atom. The van der Waals surface area contributed by atoms with Gasteiger partial charge in [0.05, 0.1) is 12.7 Å². The molecule has 4 rings (SSSR count). The van der Waals surface area contributed by atoms with Gasteiger partial charge in [-0.2, -0.15) is 0 Å². The van der Waals surface area contributed by atoms with Crippen LogP contribution in [0.3, 0.4) is 0 Å². The minimum atomic E-state index is -0.107. The van der Waals surface area contributed by atoms with E-state index in [1.807, 2.05) is 41.8 Å². The van der Waals surface area contributed by atoms with E-state index < -0.39 is 0 Å². The molecule has 1 unspecified atom stereocenters. The summed E-state index contributed by atoms with van der Waals surface area (Å²) in [5.74, 6) is 0.734. The summed E-state index contributed by atoms with van der Waals surface area (Å²) in [6.45, 7) is 1.24. The molecule has 0 spiro atoms. The number of carbonyl (C=O) groups excluding carboxylic acids is 1. The number of ether oxygens (including phenoxy) is 1. The van der Waals surface area contributed by atoms with Gasteiger partial charge in [0, 0.05) is 42.0 Å². The van der Waals surface area contributed by atoms with E-state index in [4.69, 9.17) is 4.74 Å². The van der Waals surface area contributed by atoms with Crippen LogP contribution in [0.25, 0.3) is 10.6 Å². The molecule has 3 heterocycles. The zero-order valence-corrected chi connectivity index (χ0v) is 14.9. The Labute approximate surface area is 155 Å². The molecule has 1 fully saturated rings. The number of urea groups is 1. The number of nitrogens with one attached hydrogen (secondary N) is 1. The first kappa shape index (κ1) is 16.5. The molecule has 2 amide bonds. The highest BCUT2D eigenvalue weighted by Gasteiger charge is 2.27. The summed E-state index contributed by atoms with van der Waals surface area (Å²) in [6, 6.07) is 11.3. The molecular formula is C19H18N4O2S. The normalized spacial score (nSPS) is 16.5. The van der Waals surface area contributed by atoms with Crippen LogP contribution in [0.2, 0.25) is 0 Å². The first-order chi connectivity index (χ1) is 12.8. The SMILES string of the molecule is O=C(Nc1ccc(-c2nccs2)cc1)N1CCC(Oc2cccnc2)C1. The number of hydrogen-bond acceptors (Lipinski definition) is 5. The molecule has 0 radical (unpaired) electrons. The third-order valence-corrected chi connectivity index (χ3v) is 5.01. The van der Waals surface area contributed by atoms with Gasteiger partial charge < -0.3 is 15.0 Å².